The third kappa shape index (κ3) is 3.01. The lowest BCUT2D eigenvalue weighted by Gasteiger charge is -2.51. The van der Waals surface area contributed by atoms with E-state index in [0.717, 1.165) is 18.7 Å². The molecule has 1 aromatic rings. The number of rotatable bonds is 2. The van der Waals surface area contributed by atoms with Gasteiger partial charge in [-0.3, -0.25) is 4.90 Å². The van der Waals surface area contributed by atoms with Crippen molar-refractivity contribution in [2.24, 2.45) is 5.92 Å². The summed E-state index contributed by atoms with van der Waals surface area (Å²) in [4.78, 5) is 15.3. The lowest BCUT2D eigenvalue weighted by atomic mass is 9.74. The molecule has 3 rings (SSSR count). The smallest absolute Gasteiger partial charge is 0.298 e. The Morgan fingerprint density at radius 2 is 1.88 bits per heavy atom. The Kier molecular flexibility index (Phi) is 5.27. The third-order valence-corrected chi connectivity index (χ3v) is 7.04. The molecule has 0 radical (unpaired) electrons. The summed E-state index contributed by atoms with van der Waals surface area (Å²) in [6.45, 7) is 2.83. The Balaban J connectivity index is 2.05. The summed E-state index contributed by atoms with van der Waals surface area (Å²) >= 11 is 12.4. The summed E-state index contributed by atoms with van der Waals surface area (Å²) < 4.78 is 0.308. The number of hydrogen-bond donors (Lipinski definition) is 0. The van der Waals surface area contributed by atoms with Crippen molar-refractivity contribution in [3.63, 3.8) is 0 Å². The Morgan fingerprint density at radius 1 is 1.17 bits per heavy atom. The van der Waals surface area contributed by atoms with Gasteiger partial charge in [-0.25, -0.2) is 9.28 Å². The van der Waals surface area contributed by atoms with Crippen molar-refractivity contribution in [1.82, 2.24) is 9.38 Å². The molecule has 4 atom stereocenters. The summed E-state index contributed by atoms with van der Waals surface area (Å²) in [6, 6.07) is 6.36. The van der Waals surface area contributed by atoms with Crippen molar-refractivity contribution in [3.05, 3.63) is 28.2 Å². The largest absolute Gasteiger partial charge is 0.315 e. The van der Waals surface area contributed by atoms with E-state index in [0.29, 0.717) is 26.5 Å². The summed E-state index contributed by atoms with van der Waals surface area (Å²) in [6.07, 6.45) is 6.10. The fraction of sp³-hybridized carbons (Fsp3) is 0.632. The van der Waals surface area contributed by atoms with Crippen molar-refractivity contribution in [1.29, 1.82) is 0 Å². The molecule has 0 spiro atoms. The van der Waals surface area contributed by atoms with E-state index in [-0.39, 0.29) is 11.9 Å². The average molecular weight is 370 g/mol. The molecule has 132 valence electrons. The van der Waals surface area contributed by atoms with Crippen LogP contribution in [0.15, 0.2) is 18.2 Å². The molecular weight excluding hydrogens is 343 g/mol. The van der Waals surface area contributed by atoms with Crippen LogP contribution in [-0.2, 0) is 4.79 Å². The van der Waals surface area contributed by atoms with Crippen LogP contribution in [0.3, 0.4) is 0 Å². The summed E-state index contributed by atoms with van der Waals surface area (Å²) in [5.74, 6) is 0.861. The van der Waals surface area contributed by atoms with Gasteiger partial charge in [0.1, 0.15) is 11.7 Å². The number of fused-ring (bicyclic) bond motifs is 1. The maximum atomic E-state index is 12.8. The number of nitrogens with zero attached hydrogens (tertiary/aromatic N) is 2. The molecule has 1 saturated carbocycles. The van der Waals surface area contributed by atoms with E-state index >= 15 is 0 Å². The Bertz CT molecular complexity index is 634. The number of amides is 1. The second-order valence-corrected chi connectivity index (χ2v) is 8.38. The van der Waals surface area contributed by atoms with Gasteiger partial charge in [-0.05, 0) is 51.3 Å². The summed E-state index contributed by atoms with van der Waals surface area (Å²) in [5.41, 5.74) is 0.946. The first-order chi connectivity index (χ1) is 11.4. The molecule has 0 aromatic heterocycles. The maximum Gasteiger partial charge on any atom is 0.315 e. The Labute approximate surface area is 155 Å². The molecule has 4 unspecified atom stereocenters. The van der Waals surface area contributed by atoms with Crippen molar-refractivity contribution >= 4 is 34.8 Å². The van der Waals surface area contributed by atoms with Gasteiger partial charge in [-0.15, -0.1) is 0 Å². The van der Waals surface area contributed by atoms with Crippen molar-refractivity contribution < 1.29 is 4.79 Å². The fourth-order valence-electron chi connectivity index (χ4n) is 4.91. The SMILES string of the molecule is CC(=O)[N+](C)(c1ccc(Cl)c(Cl)c1)C1CCCC2CCCN(C)C21. The molecule has 1 aliphatic heterocycles. The van der Waals surface area contributed by atoms with E-state index in [1.807, 2.05) is 18.2 Å². The van der Waals surface area contributed by atoms with Gasteiger partial charge in [0.2, 0.25) is 0 Å². The number of carbonyl (C=O) groups is 1. The highest BCUT2D eigenvalue weighted by atomic mass is 35.5. The van der Waals surface area contributed by atoms with Crippen LogP contribution in [0.25, 0.3) is 0 Å². The van der Waals surface area contributed by atoms with Gasteiger partial charge >= 0.3 is 5.91 Å². The highest BCUT2D eigenvalue weighted by Crippen LogP contribution is 2.42. The number of carbonyl (C=O) groups excluding carboxylic acids is 1. The minimum Gasteiger partial charge on any atom is -0.298 e. The monoisotopic (exact) mass is 369 g/mol. The molecule has 0 bridgehead atoms. The normalized spacial score (nSPS) is 30.5. The van der Waals surface area contributed by atoms with E-state index in [1.54, 1.807) is 6.92 Å². The van der Waals surface area contributed by atoms with Gasteiger partial charge in [0.05, 0.1) is 30.1 Å². The molecule has 1 heterocycles. The lowest BCUT2D eigenvalue weighted by molar-refractivity contribution is -0.132. The Morgan fingerprint density at radius 3 is 2.54 bits per heavy atom. The zero-order chi connectivity index (χ0) is 17.5. The zero-order valence-electron chi connectivity index (χ0n) is 14.8. The highest BCUT2D eigenvalue weighted by Gasteiger charge is 2.50. The molecule has 2 aliphatic rings. The van der Waals surface area contributed by atoms with E-state index < -0.39 is 0 Å². The third-order valence-electron chi connectivity index (χ3n) is 6.30. The van der Waals surface area contributed by atoms with Crippen LogP contribution in [0, 0.1) is 5.92 Å². The standard InChI is InChI=1S/C19H27Cl2N2O/c1-13(24)23(3,15-9-10-16(20)17(21)12-15)18-8-4-6-14-7-5-11-22(2)19(14)18/h9-10,12,14,18-19H,4-8,11H2,1-3H3/q+1. The van der Waals surface area contributed by atoms with Crippen LogP contribution in [0.5, 0.6) is 0 Å². The van der Waals surface area contributed by atoms with Crippen molar-refractivity contribution in [2.45, 2.75) is 51.1 Å². The predicted octanol–water partition coefficient (Wildman–Crippen LogP) is 4.74. The van der Waals surface area contributed by atoms with Gasteiger partial charge in [-0.1, -0.05) is 23.2 Å². The van der Waals surface area contributed by atoms with Crippen LogP contribution >= 0.6 is 23.2 Å². The maximum absolute atomic E-state index is 12.8. The minimum absolute atomic E-state index is 0.165. The molecule has 2 fully saturated rings. The Hall–Kier alpha value is -0.610. The van der Waals surface area contributed by atoms with E-state index in [9.17, 15) is 4.79 Å². The molecule has 24 heavy (non-hydrogen) atoms. The second kappa shape index (κ2) is 6.95. The summed E-state index contributed by atoms with van der Waals surface area (Å²) in [5, 5.41) is 1.05. The number of halogens is 2. The fourth-order valence-corrected chi connectivity index (χ4v) is 5.20. The number of benzene rings is 1. The first-order valence-corrected chi connectivity index (χ1v) is 9.64. The molecular formula is C19H27Cl2N2O+. The lowest BCUT2D eigenvalue weighted by Crippen LogP contribution is -2.67. The van der Waals surface area contributed by atoms with Crippen LogP contribution < -0.4 is 4.48 Å². The zero-order valence-corrected chi connectivity index (χ0v) is 16.3. The number of piperidine rings is 1. The van der Waals surface area contributed by atoms with E-state index in [1.165, 1.54) is 25.7 Å². The van der Waals surface area contributed by atoms with Gasteiger partial charge in [0.15, 0.2) is 0 Å². The molecule has 1 aliphatic carbocycles. The van der Waals surface area contributed by atoms with Gasteiger partial charge < -0.3 is 0 Å². The number of hydrogen-bond acceptors (Lipinski definition) is 2. The van der Waals surface area contributed by atoms with Gasteiger partial charge in [-0.2, -0.15) is 0 Å². The first-order valence-electron chi connectivity index (χ1n) is 8.89. The molecule has 3 nitrogen and oxygen atoms in total. The van der Waals surface area contributed by atoms with Crippen LogP contribution in [0.1, 0.15) is 39.0 Å². The molecule has 1 aromatic carbocycles. The van der Waals surface area contributed by atoms with Crippen molar-refractivity contribution in [2.75, 3.05) is 20.6 Å². The molecule has 5 heteroatoms. The minimum atomic E-state index is 0.165. The van der Waals surface area contributed by atoms with E-state index in [4.69, 9.17) is 23.2 Å². The molecule has 1 saturated heterocycles. The van der Waals surface area contributed by atoms with Crippen LogP contribution in [-0.4, -0.2) is 43.5 Å². The van der Waals surface area contributed by atoms with Crippen molar-refractivity contribution in [3.8, 4) is 0 Å². The number of likely N-dealkylation sites (tertiary alicyclic amines) is 1. The topological polar surface area (TPSA) is 20.3 Å². The van der Waals surface area contributed by atoms with Crippen LogP contribution in [0.2, 0.25) is 10.0 Å². The average Bonchev–Trinajstić information content (AvgIpc) is 2.56. The van der Waals surface area contributed by atoms with Gasteiger partial charge in [0.25, 0.3) is 0 Å². The van der Waals surface area contributed by atoms with E-state index in [2.05, 4.69) is 19.0 Å². The second-order valence-electron chi connectivity index (χ2n) is 7.56. The quantitative estimate of drug-likeness (QED) is 0.701. The number of quaternary nitrogens is 1. The molecule has 0 N–H and O–H groups in total. The van der Waals surface area contributed by atoms with Gasteiger partial charge in [0, 0.05) is 18.6 Å². The first kappa shape index (κ1) is 18.2. The highest BCUT2D eigenvalue weighted by molar-refractivity contribution is 6.42. The summed E-state index contributed by atoms with van der Waals surface area (Å²) in [7, 11) is 4.27. The number of likely N-dealkylation sites (N-methyl/N-ethyl adjacent to an activating group) is 2. The predicted molar refractivity (Wildman–Crippen MR) is 102 cm³/mol. The van der Waals surface area contributed by atoms with Crippen LogP contribution in [0.4, 0.5) is 5.69 Å². The molecule has 1 amide bonds.